The van der Waals surface area contributed by atoms with E-state index < -0.39 is 11.9 Å². The lowest BCUT2D eigenvalue weighted by Gasteiger charge is -2.15. The van der Waals surface area contributed by atoms with Gasteiger partial charge in [0.1, 0.15) is 11.5 Å². The first-order valence-corrected chi connectivity index (χ1v) is 6.55. The molecule has 0 fully saturated rings. The average molecular weight is 307 g/mol. The van der Waals surface area contributed by atoms with Gasteiger partial charge < -0.3 is 9.47 Å². The van der Waals surface area contributed by atoms with Crippen LogP contribution < -0.4 is 9.47 Å². The Kier molecular flexibility index (Phi) is 6.25. The van der Waals surface area contributed by atoms with E-state index in [0.29, 0.717) is 17.7 Å². The van der Waals surface area contributed by atoms with Crippen molar-refractivity contribution >= 4 is 24.3 Å². The zero-order valence-corrected chi connectivity index (χ0v) is 12.6. The fraction of sp³-hybridized carbons (Fsp3) is 0.333. The number of carbonyl (C=O) groups is 4. The SMILES string of the molecule is CC(=O)Oc1ccc(OC(C)=O)c(CCN(C=O)C(C)=O)c1. The zero-order valence-electron chi connectivity index (χ0n) is 12.6. The third-order valence-corrected chi connectivity index (χ3v) is 2.70. The van der Waals surface area contributed by atoms with E-state index in [1.54, 1.807) is 0 Å². The van der Waals surface area contributed by atoms with Gasteiger partial charge in [-0.15, -0.1) is 0 Å². The van der Waals surface area contributed by atoms with Crippen LogP contribution in [-0.2, 0) is 25.6 Å². The minimum absolute atomic E-state index is 0.122. The Morgan fingerprint density at radius 3 is 2.23 bits per heavy atom. The number of imide groups is 1. The highest BCUT2D eigenvalue weighted by molar-refractivity contribution is 5.84. The molecule has 0 aliphatic rings. The summed E-state index contributed by atoms with van der Waals surface area (Å²) in [5.74, 6) is -0.790. The summed E-state index contributed by atoms with van der Waals surface area (Å²) >= 11 is 0. The van der Waals surface area contributed by atoms with Gasteiger partial charge in [-0.3, -0.25) is 24.1 Å². The first-order valence-electron chi connectivity index (χ1n) is 6.55. The van der Waals surface area contributed by atoms with Crippen LogP contribution in [0.25, 0.3) is 0 Å². The van der Waals surface area contributed by atoms with E-state index in [0.717, 1.165) is 4.90 Å². The van der Waals surface area contributed by atoms with Crippen LogP contribution in [0.15, 0.2) is 18.2 Å². The number of benzene rings is 1. The smallest absolute Gasteiger partial charge is 0.308 e. The van der Waals surface area contributed by atoms with E-state index in [9.17, 15) is 19.2 Å². The molecule has 0 atom stereocenters. The molecule has 0 saturated heterocycles. The lowest BCUT2D eigenvalue weighted by molar-refractivity contribution is -0.136. The van der Waals surface area contributed by atoms with Gasteiger partial charge in [-0.2, -0.15) is 0 Å². The summed E-state index contributed by atoms with van der Waals surface area (Å²) in [6, 6.07) is 4.52. The Labute approximate surface area is 127 Å². The maximum absolute atomic E-state index is 11.2. The maximum atomic E-state index is 11.2. The van der Waals surface area contributed by atoms with Crippen molar-refractivity contribution in [3.8, 4) is 11.5 Å². The van der Waals surface area contributed by atoms with Gasteiger partial charge in [-0.05, 0) is 24.6 Å². The van der Waals surface area contributed by atoms with Gasteiger partial charge in [0.25, 0.3) is 0 Å². The summed E-state index contributed by atoms with van der Waals surface area (Å²) in [6.45, 7) is 3.92. The molecule has 2 amide bonds. The van der Waals surface area contributed by atoms with Crippen molar-refractivity contribution < 1.29 is 28.7 Å². The molecule has 0 bridgehead atoms. The molecule has 7 heteroatoms. The molecular weight excluding hydrogens is 290 g/mol. The topological polar surface area (TPSA) is 90.0 Å². The number of carbonyl (C=O) groups excluding carboxylic acids is 4. The van der Waals surface area contributed by atoms with Gasteiger partial charge >= 0.3 is 11.9 Å². The molecule has 0 aromatic heterocycles. The van der Waals surface area contributed by atoms with Crippen LogP contribution in [0.2, 0.25) is 0 Å². The Morgan fingerprint density at radius 2 is 1.73 bits per heavy atom. The lowest BCUT2D eigenvalue weighted by atomic mass is 10.1. The second kappa shape index (κ2) is 7.92. The second-order valence-corrected chi connectivity index (χ2v) is 4.52. The van der Waals surface area contributed by atoms with Crippen LogP contribution in [0.4, 0.5) is 0 Å². The minimum atomic E-state index is -0.500. The molecule has 22 heavy (non-hydrogen) atoms. The van der Waals surface area contributed by atoms with Gasteiger partial charge in [0.2, 0.25) is 12.3 Å². The molecule has 118 valence electrons. The molecule has 1 aromatic carbocycles. The first kappa shape index (κ1) is 17.4. The zero-order chi connectivity index (χ0) is 16.7. The lowest BCUT2D eigenvalue weighted by Crippen LogP contribution is -2.29. The third kappa shape index (κ3) is 5.35. The van der Waals surface area contributed by atoms with Crippen LogP contribution in [0.3, 0.4) is 0 Å². The molecule has 0 aliphatic heterocycles. The molecule has 0 unspecified atom stereocenters. The Balaban J connectivity index is 2.99. The van der Waals surface area contributed by atoms with Crippen molar-refractivity contribution in [3.63, 3.8) is 0 Å². The van der Waals surface area contributed by atoms with Gasteiger partial charge in [0.15, 0.2) is 0 Å². The summed E-state index contributed by atoms with van der Waals surface area (Å²) in [6.07, 6.45) is 0.694. The Hall–Kier alpha value is -2.70. The number of ether oxygens (including phenoxy) is 2. The summed E-state index contributed by atoms with van der Waals surface area (Å²) in [4.78, 5) is 45.1. The van der Waals surface area contributed by atoms with Crippen molar-refractivity contribution in [2.75, 3.05) is 6.54 Å². The molecule has 0 heterocycles. The average Bonchev–Trinajstić information content (AvgIpc) is 2.40. The minimum Gasteiger partial charge on any atom is -0.427 e. The van der Waals surface area contributed by atoms with Crippen LogP contribution >= 0.6 is 0 Å². The molecule has 0 spiro atoms. The Bertz CT molecular complexity index is 596. The van der Waals surface area contributed by atoms with E-state index in [4.69, 9.17) is 9.47 Å². The van der Waals surface area contributed by atoms with E-state index in [1.807, 2.05) is 0 Å². The first-order chi connectivity index (χ1) is 10.3. The number of nitrogens with zero attached hydrogens (tertiary/aromatic N) is 1. The van der Waals surface area contributed by atoms with Crippen molar-refractivity contribution in [2.24, 2.45) is 0 Å². The highest BCUT2D eigenvalue weighted by atomic mass is 16.5. The predicted molar refractivity (Wildman–Crippen MR) is 76.2 cm³/mol. The normalized spacial score (nSPS) is 9.77. The number of amides is 2. The number of hydrogen-bond acceptors (Lipinski definition) is 6. The second-order valence-electron chi connectivity index (χ2n) is 4.52. The highest BCUT2D eigenvalue weighted by Gasteiger charge is 2.13. The van der Waals surface area contributed by atoms with E-state index in [2.05, 4.69) is 0 Å². The fourth-order valence-corrected chi connectivity index (χ4v) is 1.76. The third-order valence-electron chi connectivity index (χ3n) is 2.70. The van der Waals surface area contributed by atoms with Crippen LogP contribution in [0.5, 0.6) is 11.5 Å². The molecule has 0 aliphatic carbocycles. The van der Waals surface area contributed by atoms with E-state index in [-0.39, 0.29) is 24.6 Å². The number of esters is 2. The van der Waals surface area contributed by atoms with Crippen molar-refractivity contribution in [2.45, 2.75) is 27.2 Å². The Morgan fingerprint density at radius 1 is 1.09 bits per heavy atom. The molecule has 7 nitrogen and oxygen atoms in total. The van der Waals surface area contributed by atoms with Gasteiger partial charge in [0.05, 0.1) is 0 Å². The molecule has 0 radical (unpaired) electrons. The van der Waals surface area contributed by atoms with E-state index in [1.165, 1.54) is 39.0 Å². The van der Waals surface area contributed by atoms with Crippen molar-refractivity contribution in [1.29, 1.82) is 0 Å². The summed E-state index contributed by atoms with van der Waals surface area (Å²) in [5, 5.41) is 0. The van der Waals surface area contributed by atoms with Crippen LogP contribution in [0, 0.1) is 0 Å². The van der Waals surface area contributed by atoms with E-state index >= 15 is 0 Å². The largest absolute Gasteiger partial charge is 0.427 e. The molecule has 0 N–H and O–H groups in total. The van der Waals surface area contributed by atoms with Crippen molar-refractivity contribution in [1.82, 2.24) is 4.90 Å². The van der Waals surface area contributed by atoms with Crippen LogP contribution in [0.1, 0.15) is 26.3 Å². The standard InChI is InChI=1S/C15H17NO6/c1-10(18)16(9-17)7-6-13-8-14(21-11(2)19)4-5-15(13)22-12(3)20/h4-5,8-9H,6-7H2,1-3H3. The summed E-state index contributed by atoms with van der Waals surface area (Å²) < 4.78 is 10.0. The van der Waals surface area contributed by atoms with Gasteiger partial charge in [-0.25, -0.2) is 0 Å². The maximum Gasteiger partial charge on any atom is 0.308 e. The van der Waals surface area contributed by atoms with Gasteiger partial charge in [-0.1, -0.05) is 0 Å². The van der Waals surface area contributed by atoms with Crippen molar-refractivity contribution in [3.05, 3.63) is 23.8 Å². The molecule has 1 aromatic rings. The number of rotatable bonds is 6. The molecule has 0 saturated carbocycles. The summed E-state index contributed by atoms with van der Waals surface area (Å²) in [5.41, 5.74) is 0.544. The van der Waals surface area contributed by atoms with Gasteiger partial charge in [0, 0.05) is 32.9 Å². The molecular formula is C15H17NO6. The quantitative estimate of drug-likeness (QED) is 0.444. The predicted octanol–water partition coefficient (Wildman–Crippen LogP) is 1.08. The fourth-order valence-electron chi connectivity index (χ4n) is 1.76. The molecule has 1 rings (SSSR count). The summed E-state index contributed by atoms with van der Waals surface area (Å²) in [7, 11) is 0. The number of hydrogen-bond donors (Lipinski definition) is 0. The monoisotopic (exact) mass is 307 g/mol. The van der Waals surface area contributed by atoms with Crippen LogP contribution in [-0.4, -0.2) is 35.7 Å². The highest BCUT2D eigenvalue weighted by Crippen LogP contribution is 2.25.